The molecule has 0 spiro atoms. The summed E-state index contributed by atoms with van der Waals surface area (Å²) in [6.45, 7) is 7.64. The SMILES string of the molecule is C=C(C)C(=O)OCCCOc1ccc(C(=O)Oc2ccc(OC)c(C)c2)cc1. The second-order valence-corrected chi connectivity index (χ2v) is 6.16. The third-order valence-corrected chi connectivity index (χ3v) is 3.81. The van der Waals surface area contributed by atoms with Crippen LogP contribution in [-0.4, -0.2) is 32.3 Å². The molecular weight excluding hydrogens is 360 g/mol. The van der Waals surface area contributed by atoms with E-state index in [1.165, 1.54) is 0 Å². The summed E-state index contributed by atoms with van der Waals surface area (Å²) in [7, 11) is 1.59. The van der Waals surface area contributed by atoms with Crippen LogP contribution in [0.15, 0.2) is 54.6 Å². The van der Waals surface area contributed by atoms with Gasteiger partial charge < -0.3 is 18.9 Å². The molecular formula is C22H24O6. The topological polar surface area (TPSA) is 71.1 Å². The Hall–Kier alpha value is -3.28. The second-order valence-electron chi connectivity index (χ2n) is 6.16. The van der Waals surface area contributed by atoms with Gasteiger partial charge >= 0.3 is 11.9 Å². The lowest BCUT2D eigenvalue weighted by atomic mass is 10.2. The van der Waals surface area contributed by atoms with E-state index in [2.05, 4.69) is 6.58 Å². The Balaban J connectivity index is 1.81. The van der Waals surface area contributed by atoms with Crippen molar-refractivity contribution in [3.05, 3.63) is 65.7 Å². The largest absolute Gasteiger partial charge is 0.496 e. The normalized spacial score (nSPS) is 10.1. The van der Waals surface area contributed by atoms with Crippen molar-refractivity contribution >= 4 is 11.9 Å². The van der Waals surface area contributed by atoms with Gasteiger partial charge in [-0.15, -0.1) is 0 Å². The molecule has 6 nitrogen and oxygen atoms in total. The average Bonchev–Trinajstić information content (AvgIpc) is 2.68. The van der Waals surface area contributed by atoms with Gasteiger partial charge in [0.2, 0.25) is 0 Å². The van der Waals surface area contributed by atoms with Crippen molar-refractivity contribution < 1.29 is 28.5 Å². The predicted molar refractivity (Wildman–Crippen MR) is 105 cm³/mol. The van der Waals surface area contributed by atoms with E-state index in [9.17, 15) is 9.59 Å². The predicted octanol–water partition coefficient (Wildman–Crippen LogP) is 4.11. The summed E-state index contributed by atoms with van der Waals surface area (Å²) in [5.41, 5.74) is 1.66. The molecule has 0 amide bonds. The molecule has 0 atom stereocenters. The number of carbonyl (C=O) groups excluding carboxylic acids is 2. The highest BCUT2D eigenvalue weighted by Gasteiger charge is 2.10. The summed E-state index contributed by atoms with van der Waals surface area (Å²) in [5.74, 6) is 0.935. The fraction of sp³-hybridized carbons (Fsp3) is 0.273. The maximum Gasteiger partial charge on any atom is 0.343 e. The van der Waals surface area contributed by atoms with E-state index in [4.69, 9.17) is 18.9 Å². The maximum absolute atomic E-state index is 12.3. The van der Waals surface area contributed by atoms with Crippen LogP contribution in [0.3, 0.4) is 0 Å². The Labute approximate surface area is 164 Å². The van der Waals surface area contributed by atoms with Gasteiger partial charge in [0.1, 0.15) is 17.2 Å². The van der Waals surface area contributed by atoms with Gasteiger partial charge in [0.05, 0.1) is 25.9 Å². The third kappa shape index (κ3) is 6.16. The van der Waals surface area contributed by atoms with E-state index in [0.29, 0.717) is 35.7 Å². The maximum atomic E-state index is 12.3. The molecule has 0 radical (unpaired) electrons. The zero-order valence-electron chi connectivity index (χ0n) is 16.3. The van der Waals surface area contributed by atoms with Crippen LogP contribution in [0.5, 0.6) is 17.2 Å². The molecule has 0 N–H and O–H groups in total. The first-order valence-electron chi connectivity index (χ1n) is 8.83. The Morgan fingerprint density at radius 1 is 1.00 bits per heavy atom. The number of hydrogen-bond acceptors (Lipinski definition) is 6. The highest BCUT2D eigenvalue weighted by Crippen LogP contribution is 2.24. The molecule has 0 aromatic heterocycles. The highest BCUT2D eigenvalue weighted by atomic mass is 16.5. The molecule has 0 saturated heterocycles. The fourth-order valence-corrected chi connectivity index (χ4v) is 2.30. The van der Waals surface area contributed by atoms with E-state index in [-0.39, 0.29) is 6.61 Å². The van der Waals surface area contributed by atoms with Gasteiger partial charge in [0.15, 0.2) is 0 Å². The van der Waals surface area contributed by atoms with Gasteiger partial charge in [-0.05, 0) is 61.9 Å². The first-order valence-corrected chi connectivity index (χ1v) is 8.83. The van der Waals surface area contributed by atoms with Crippen molar-refractivity contribution in [3.63, 3.8) is 0 Å². The lowest BCUT2D eigenvalue weighted by Gasteiger charge is -2.09. The number of hydrogen-bond donors (Lipinski definition) is 0. The zero-order chi connectivity index (χ0) is 20.5. The molecule has 0 fully saturated rings. The van der Waals surface area contributed by atoms with Gasteiger partial charge in [-0.2, -0.15) is 0 Å². The third-order valence-electron chi connectivity index (χ3n) is 3.81. The Morgan fingerprint density at radius 2 is 1.68 bits per heavy atom. The summed E-state index contributed by atoms with van der Waals surface area (Å²) >= 11 is 0. The Morgan fingerprint density at radius 3 is 2.29 bits per heavy atom. The first kappa shape index (κ1) is 21.0. The summed E-state index contributed by atoms with van der Waals surface area (Å²) < 4.78 is 21.1. The number of ether oxygens (including phenoxy) is 4. The molecule has 2 aromatic carbocycles. The number of methoxy groups -OCH3 is 1. The Kier molecular flexibility index (Phi) is 7.63. The van der Waals surface area contributed by atoms with Gasteiger partial charge in [-0.25, -0.2) is 9.59 Å². The van der Waals surface area contributed by atoms with E-state index in [1.807, 2.05) is 6.92 Å². The monoisotopic (exact) mass is 384 g/mol. The minimum Gasteiger partial charge on any atom is -0.496 e. The molecule has 2 rings (SSSR count). The number of benzene rings is 2. The molecule has 6 heteroatoms. The van der Waals surface area contributed by atoms with Crippen molar-refractivity contribution in [2.24, 2.45) is 0 Å². The van der Waals surface area contributed by atoms with Crippen molar-refractivity contribution in [3.8, 4) is 17.2 Å². The van der Waals surface area contributed by atoms with Crippen molar-refractivity contribution in [2.45, 2.75) is 20.3 Å². The van der Waals surface area contributed by atoms with Crippen LogP contribution in [0.2, 0.25) is 0 Å². The summed E-state index contributed by atoms with van der Waals surface area (Å²) in [6, 6.07) is 11.8. The number of carbonyl (C=O) groups is 2. The molecule has 2 aromatic rings. The minimum atomic E-state index is -0.456. The summed E-state index contributed by atoms with van der Waals surface area (Å²) in [4.78, 5) is 23.5. The zero-order valence-corrected chi connectivity index (χ0v) is 16.3. The van der Waals surface area contributed by atoms with E-state index in [0.717, 1.165) is 11.3 Å². The van der Waals surface area contributed by atoms with Gasteiger partial charge in [-0.3, -0.25) is 0 Å². The molecule has 0 aliphatic heterocycles. The second kappa shape index (κ2) is 10.2. The van der Waals surface area contributed by atoms with Gasteiger partial charge in [0.25, 0.3) is 0 Å². The van der Waals surface area contributed by atoms with Crippen LogP contribution in [0.1, 0.15) is 29.3 Å². The fourth-order valence-electron chi connectivity index (χ4n) is 2.30. The number of aryl methyl sites for hydroxylation is 1. The molecule has 0 heterocycles. The molecule has 0 aliphatic rings. The quantitative estimate of drug-likeness (QED) is 0.280. The van der Waals surface area contributed by atoms with Crippen molar-refractivity contribution in [2.75, 3.05) is 20.3 Å². The van der Waals surface area contributed by atoms with Gasteiger partial charge in [-0.1, -0.05) is 6.58 Å². The number of esters is 2. The standard InChI is InChI=1S/C22H24O6/c1-15(2)21(23)27-13-5-12-26-18-8-6-17(7-9-18)22(24)28-19-10-11-20(25-4)16(3)14-19/h6-11,14H,1,5,12-13H2,2-4H3. The highest BCUT2D eigenvalue weighted by molar-refractivity contribution is 5.91. The molecule has 0 saturated carbocycles. The van der Waals surface area contributed by atoms with Crippen LogP contribution >= 0.6 is 0 Å². The van der Waals surface area contributed by atoms with Gasteiger partial charge in [0, 0.05) is 12.0 Å². The van der Waals surface area contributed by atoms with Crippen LogP contribution in [0.25, 0.3) is 0 Å². The first-order chi connectivity index (χ1) is 13.4. The van der Waals surface area contributed by atoms with E-state index < -0.39 is 11.9 Å². The lowest BCUT2D eigenvalue weighted by Crippen LogP contribution is -2.10. The van der Waals surface area contributed by atoms with Crippen molar-refractivity contribution in [1.29, 1.82) is 0 Å². The molecule has 0 aliphatic carbocycles. The molecule has 148 valence electrons. The number of rotatable bonds is 9. The van der Waals surface area contributed by atoms with Crippen LogP contribution in [0.4, 0.5) is 0 Å². The van der Waals surface area contributed by atoms with E-state index >= 15 is 0 Å². The molecule has 28 heavy (non-hydrogen) atoms. The Bertz CT molecular complexity index is 839. The minimum absolute atomic E-state index is 0.261. The summed E-state index contributed by atoms with van der Waals surface area (Å²) in [5, 5.41) is 0. The molecule has 0 unspecified atom stereocenters. The van der Waals surface area contributed by atoms with Crippen LogP contribution < -0.4 is 14.2 Å². The van der Waals surface area contributed by atoms with Crippen LogP contribution in [0, 0.1) is 6.92 Å². The van der Waals surface area contributed by atoms with Crippen molar-refractivity contribution in [1.82, 2.24) is 0 Å². The summed E-state index contributed by atoms with van der Waals surface area (Å²) in [6.07, 6.45) is 0.555. The smallest absolute Gasteiger partial charge is 0.343 e. The lowest BCUT2D eigenvalue weighted by molar-refractivity contribution is -0.139. The van der Waals surface area contributed by atoms with E-state index in [1.54, 1.807) is 56.5 Å². The molecule has 0 bridgehead atoms. The average molecular weight is 384 g/mol. The van der Waals surface area contributed by atoms with Crippen LogP contribution in [-0.2, 0) is 9.53 Å².